The largest absolute Gasteiger partial charge is 0.478 e. The summed E-state index contributed by atoms with van der Waals surface area (Å²) in [6.45, 7) is 3.44. The number of carboxylic acid groups (broad SMARTS) is 1. The SMILES string of the molecule is CCOC(=O)C1=C(C)OC(N)=C(C#N)C1c1cccc(-c2ccccc2C(=O)O)c1. The highest BCUT2D eigenvalue weighted by atomic mass is 16.5. The van der Waals surface area contributed by atoms with E-state index < -0.39 is 17.9 Å². The molecule has 1 aliphatic heterocycles. The molecule has 7 heteroatoms. The van der Waals surface area contributed by atoms with E-state index in [0.717, 1.165) is 0 Å². The summed E-state index contributed by atoms with van der Waals surface area (Å²) in [6, 6.07) is 15.7. The number of nitrogens with two attached hydrogens (primary N) is 1. The molecule has 30 heavy (non-hydrogen) atoms. The third kappa shape index (κ3) is 3.76. The van der Waals surface area contributed by atoms with Gasteiger partial charge in [-0.05, 0) is 36.6 Å². The molecule has 0 spiro atoms. The molecule has 2 aromatic carbocycles. The lowest BCUT2D eigenvalue weighted by Crippen LogP contribution is -2.25. The van der Waals surface area contributed by atoms with Crippen molar-refractivity contribution in [3.63, 3.8) is 0 Å². The van der Waals surface area contributed by atoms with Crippen LogP contribution in [0.5, 0.6) is 0 Å². The molecular formula is C23H20N2O5. The summed E-state index contributed by atoms with van der Waals surface area (Å²) in [5.74, 6) is -2.26. The molecule has 1 unspecified atom stereocenters. The summed E-state index contributed by atoms with van der Waals surface area (Å²) >= 11 is 0. The van der Waals surface area contributed by atoms with E-state index in [9.17, 15) is 20.0 Å². The van der Waals surface area contributed by atoms with Crippen molar-refractivity contribution < 1.29 is 24.2 Å². The zero-order valence-corrected chi connectivity index (χ0v) is 16.5. The van der Waals surface area contributed by atoms with Crippen LogP contribution in [0.15, 0.2) is 71.3 Å². The van der Waals surface area contributed by atoms with Gasteiger partial charge in [-0.1, -0.05) is 42.5 Å². The summed E-state index contributed by atoms with van der Waals surface area (Å²) < 4.78 is 10.6. The molecule has 0 radical (unpaired) electrons. The van der Waals surface area contributed by atoms with E-state index in [4.69, 9.17) is 15.2 Å². The van der Waals surface area contributed by atoms with Gasteiger partial charge in [-0.15, -0.1) is 0 Å². The topological polar surface area (TPSA) is 123 Å². The minimum Gasteiger partial charge on any atom is -0.478 e. The number of esters is 1. The van der Waals surface area contributed by atoms with E-state index in [1.54, 1.807) is 56.3 Å². The molecule has 1 heterocycles. The number of nitrogens with zero attached hydrogens (tertiary/aromatic N) is 1. The number of carbonyl (C=O) groups excluding carboxylic acids is 1. The Balaban J connectivity index is 2.19. The first kappa shape index (κ1) is 20.7. The average Bonchev–Trinajstić information content (AvgIpc) is 2.73. The van der Waals surface area contributed by atoms with Crippen LogP contribution in [0.25, 0.3) is 11.1 Å². The Morgan fingerprint density at radius 1 is 1.23 bits per heavy atom. The van der Waals surface area contributed by atoms with Gasteiger partial charge in [-0.2, -0.15) is 5.26 Å². The quantitative estimate of drug-likeness (QED) is 0.729. The number of carboxylic acids is 1. The molecule has 0 aromatic heterocycles. The van der Waals surface area contributed by atoms with E-state index in [2.05, 4.69) is 0 Å². The summed E-state index contributed by atoms with van der Waals surface area (Å²) in [4.78, 5) is 24.3. The fraction of sp³-hybridized carbons (Fsp3) is 0.174. The van der Waals surface area contributed by atoms with E-state index in [-0.39, 0.29) is 35.0 Å². The standard InChI is InChI=1S/C23H20N2O5/c1-3-29-23(28)19-13(2)30-21(25)18(12-24)20(19)15-8-6-7-14(11-15)16-9-4-5-10-17(16)22(26)27/h4-11,20H,3,25H2,1-2H3,(H,26,27). The van der Waals surface area contributed by atoms with Crippen molar-refractivity contribution in [1.29, 1.82) is 5.26 Å². The number of benzene rings is 2. The molecule has 0 fully saturated rings. The van der Waals surface area contributed by atoms with Crippen LogP contribution in [0, 0.1) is 11.3 Å². The van der Waals surface area contributed by atoms with Crippen LogP contribution >= 0.6 is 0 Å². The van der Waals surface area contributed by atoms with Crippen molar-refractivity contribution in [3.05, 3.63) is 82.4 Å². The highest BCUT2D eigenvalue weighted by Gasteiger charge is 2.36. The first-order valence-electron chi connectivity index (χ1n) is 9.27. The molecule has 0 amide bonds. The van der Waals surface area contributed by atoms with Gasteiger partial charge in [-0.3, -0.25) is 0 Å². The van der Waals surface area contributed by atoms with Gasteiger partial charge in [-0.25, -0.2) is 9.59 Å². The third-order valence-electron chi connectivity index (χ3n) is 4.79. The fourth-order valence-electron chi connectivity index (χ4n) is 3.50. The highest BCUT2D eigenvalue weighted by Crippen LogP contribution is 2.40. The van der Waals surface area contributed by atoms with Gasteiger partial charge in [0.15, 0.2) is 0 Å². The number of hydrogen-bond acceptors (Lipinski definition) is 6. The monoisotopic (exact) mass is 404 g/mol. The lowest BCUT2D eigenvalue weighted by atomic mass is 9.82. The molecule has 152 valence electrons. The number of aromatic carboxylic acids is 1. The van der Waals surface area contributed by atoms with Crippen molar-refractivity contribution in [2.24, 2.45) is 5.73 Å². The van der Waals surface area contributed by atoms with Crippen LogP contribution in [0.1, 0.15) is 35.7 Å². The van der Waals surface area contributed by atoms with Gasteiger partial charge in [0.2, 0.25) is 5.88 Å². The summed E-state index contributed by atoms with van der Waals surface area (Å²) in [6.07, 6.45) is 0. The third-order valence-corrected chi connectivity index (χ3v) is 4.79. The summed E-state index contributed by atoms with van der Waals surface area (Å²) in [5.41, 5.74) is 8.10. The predicted molar refractivity (Wildman–Crippen MR) is 109 cm³/mol. The Morgan fingerprint density at radius 3 is 2.63 bits per heavy atom. The molecule has 3 rings (SSSR count). The Morgan fingerprint density at radius 2 is 1.97 bits per heavy atom. The van der Waals surface area contributed by atoms with Gasteiger partial charge in [0.25, 0.3) is 0 Å². The number of nitriles is 1. The van der Waals surface area contributed by atoms with Gasteiger partial charge >= 0.3 is 11.9 Å². The van der Waals surface area contributed by atoms with Crippen LogP contribution < -0.4 is 5.73 Å². The van der Waals surface area contributed by atoms with Crippen LogP contribution in [0.2, 0.25) is 0 Å². The minimum atomic E-state index is -1.05. The maximum Gasteiger partial charge on any atom is 0.338 e. The molecule has 2 aromatic rings. The van der Waals surface area contributed by atoms with Crippen LogP contribution in [0.3, 0.4) is 0 Å². The number of hydrogen-bond donors (Lipinski definition) is 2. The van der Waals surface area contributed by atoms with Crippen molar-refractivity contribution >= 4 is 11.9 Å². The van der Waals surface area contributed by atoms with Gasteiger partial charge < -0.3 is 20.3 Å². The Hall–Kier alpha value is -4.05. The molecule has 1 atom stereocenters. The molecule has 3 N–H and O–H groups in total. The lowest BCUT2D eigenvalue weighted by Gasteiger charge is -2.27. The average molecular weight is 404 g/mol. The van der Waals surface area contributed by atoms with Crippen LogP contribution in [0.4, 0.5) is 0 Å². The zero-order chi connectivity index (χ0) is 21.8. The molecule has 1 aliphatic rings. The number of rotatable bonds is 5. The van der Waals surface area contributed by atoms with E-state index in [1.165, 1.54) is 6.07 Å². The lowest BCUT2D eigenvalue weighted by molar-refractivity contribution is -0.139. The smallest absolute Gasteiger partial charge is 0.338 e. The van der Waals surface area contributed by atoms with Crippen LogP contribution in [-0.2, 0) is 14.3 Å². The predicted octanol–water partition coefficient (Wildman–Crippen LogP) is 3.70. The molecule has 0 aliphatic carbocycles. The first-order chi connectivity index (χ1) is 14.4. The second-order valence-corrected chi connectivity index (χ2v) is 6.59. The van der Waals surface area contributed by atoms with E-state index in [1.807, 2.05) is 6.07 Å². The minimum absolute atomic E-state index is 0.0793. The maximum absolute atomic E-state index is 12.6. The Bertz CT molecular complexity index is 1120. The highest BCUT2D eigenvalue weighted by molar-refractivity contribution is 5.96. The van der Waals surface area contributed by atoms with Crippen molar-refractivity contribution in [2.75, 3.05) is 6.61 Å². The molecule has 7 nitrogen and oxygen atoms in total. The number of allylic oxidation sites excluding steroid dienone is 2. The first-order valence-corrected chi connectivity index (χ1v) is 9.27. The molecule has 0 saturated heterocycles. The second kappa shape index (κ2) is 8.53. The molecule has 0 bridgehead atoms. The van der Waals surface area contributed by atoms with E-state index in [0.29, 0.717) is 16.7 Å². The van der Waals surface area contributed by atoms with Gasteiger partial charge in [0.05, 0.1) is 23.7 Å². The number of carbonyl (C=O) groups is 2. The maximum atomic E-state index is 12.6. The van der Waals surface area contributed by atoms with Gasteiger partial charge in [0, 0.05) is 0 Å². The normalized spacial score (nSPS) is 16.0. The second-order valence-electron chi connectivity index (χ2n) is 6.59. The Labute approximate surface area is 173 Å². The van der Waals surface area contributed by atoms with Crippen molar-refractivity contribution in [1.82, 2.24) is 0 Å². The Kier molecular flexibility index (Phi) is 5.88. The van der Waals surface area contributed by atoms with Crippen molar-refractivity contribution in [2.45, 2.75) is 19.8 Å². The molecular weight excluding hydrogens is 384 g/mol. The zero-order valence-electron chi connectivity index (χ0n) is 16.5. The van der Waals surface area contributed by atoms with E-state index >= 15 is 0 Å². The summed E-state index contributed by atoms with van der Waals surface area (Å²) in [5, 5.41) is 19.2. The number of ether oxygens (including phenoxy) is 2. The fourth-order valence-corrected chi connectivity index (χ4v) is 3.50. The molecule has 0 saturated carbocycles. The van der Waals surface area contributed by atoms with Crippen LogP contribution in [-0.4, -0.2) is 23.7 Å². The van der Waals surface area contributed by atoms with Crippen molar-refractivity contribution in [3.8, 4) is 17.2 Å². The van der Waals surface area contributed by atoms with Gasteiger partial charge in [0.1, 0.15) is 17.4 Å². The summed E-state index contributed by atoms with van der Waals surface area (Å²) in [7, 11) is 0.